The molecule has 0 aliphatic carbocycles. The Morgan fingerprint density at radius 2 is 1.78 bits per heavy atom. The van der Waals surface area contributed by atoms with E-state index < -0.39 is 12.1 Å². The third kappa shape index (κ3) is 11.2. The Labute approximate surface area is 109 Å². The highest BCUT2D eigenvalue weighted by molar-refractivity contribution is 5.77. The molecule has 0 saturated carbocycles. The van der Waals surface area contributed by atoms with Gasteiger partial charge in [0, 0.05) is 0 Å². The first-order chi connectivity index (χ1) is 8.56. The van der Waals surface area contributed by atoms with Gasteiger partial charge >= 0.3 is 12.1 Å². The molecule has 0 unspecified atom stereocenters. The average molecular weight is 259 g/mol. The summed E-state index contributed by atoms with van der Waals surface area (Å²) in [6.45, 7) is 6.91. The van der Waals surface area contributed by atoms with Crippen molar-refractivity contribution < 1.29 is 19.1 Å². The van der Waals surface area contributed by atoms with Crippen LogP contribution in [0.4, 0.5) is 4.79 Å². The number of carbonyl (C=O) groups is 2. The molecule has 0 fully saturated rings. The largest absolute Gasteiger partial charge is 0.464 e. The first-order valence-electron chi connectivity index (χ1n) is 6.62. The lowest BCUT2D eigenvalue weighted by atomic mass is 10.1. The maximum atomic E-state index is 11.2. The second-order valence-corrected chi connectivity index (χ2v) is 4.60. The van der Waals surface area contributed by atoms with Crippen LogP contribution in [-0.2, 0) is 14.3 Å². The molecular weight excluding hydrogens is 234 g/mol. The molecule has 0 aromatic heterocycles. The molecule has 0 saturated heterocycles. The molecule has 0 aliphatic heterocycles. The first-order valence-corrected chi connectivity index (χ1v) is 6.62. The molecule has 0 bridgehead atoms. The van der Waals surface area contributed by atoms with Crippen LogP contribution in [-0.4, -0.2) is 31.8 Å². The number of ether oxygens (including phenoxy) is 2. The van der Waals surface area contributed by atoms with Gasteiger partial charge in [-0.05, 0) is 25.2 Å². The number of alkyl carbamates (subject to hydrolysis) is 1. The van der Waals surface area contributed by atoms with Crippen LogP contribution in [0.2, 0.25) is 0 Å². The van der Waals surface area contributed by atoms with Gasteiger partial charge in [-0.1, -0.05) is 27.2 Å². The Morgan fingerprint density at radius 3 is 2.39 bits per heavy atom. The van der Waals surface area contributed by atoms with Gasteiger partial charge in [-0.2, -0.15) is 0 Å². The molecule has 0 atom stereocenters. The Hall–Kier alpha value is -1.26. The fraction of sp³-hybridized carbons (Fsp3) is 0.846. The van der Waals surface area contributed by atoms with Gasteiger partial charge in [0.1, 0.15) is 6.54 Å². The highest BCUT2D eigenvalue weighted by Crippen LogP contribution is 2.02. The Morgan fingerprint density at radius 1 is 1.11 bits per heavy atom. The second-order valence-electron chi connectivity index (χ2n) is 4.60. The highest BCUT2D eigenvalue weighted by Gasteiger charge is 2.07. The summed E-state index contributed by atoms with van der Waals surface area (Å²) >= 11 is 0. The van der Waals surface area contributed by atoms with E-state index in [1.54, 1.807) is 0 Å². The van der Waals surface area contributed by atoms with Crippen LogP contribution in [0.5, 0.6) is 0 Å². The van der Waals surface area contributed by atoms with Crippen LogP contribution in [0.3, 0.4) is 0 Å². The lowest BCUT2D eigenvalue weighted by Crippen LogP contribution is -2.31. The summed E-state index contributed by atoms with van der Waals surface area (Å²) in [5, 5.41) is 2.36. The highest BCUT2D eigenvalue weighted by atomic mass is 16.6. The van der Waals surface area contributed by atoms with Gasteiger partial charge in [-0.25, -0.2) is 4.79 Å². The van der Waals surface area contributed by atoms with Crippen LogP contribution in [0.15, 0.2) is 0 Å². The fourth-order valence-electron chi connectivity index (χ4n) is 1.23. The molecule has 0 aromatic rings. The van der Waals surface area contributed by atoms with Crippen molar-refractivity contribution in [3.8, 4) is 0 Å². The van der Waals surface area contributed by atoms with Crippen molar-refractivity contribution >= 4 is 12.1 Å². The number of carbonyl (C=O) groups excluding carboxylic acids is 2. The first kappa shape index (κ1) is 16.7. The third-order valence-electron chi connectivity index (χ3n) is 2.30. The molecular formula is C13H25NO4. The smallest absolute Gasteiger partial charge is 0.407 e. The van der Waals surface area contributed by atoms with Gasteiger partial charge < -0.3 is 14.8 Å². The Bertz CT molecular complexity index is 241. The van der Waals surface area contributed by atoms with Crippen molar-refractivity contribution in [1.82, 2.24) is 5.32 Å². The van der Waals surface area contributed by atoms with Crippen LogP contribution < -0.4 is 5.32 Å². The zero-order chi connectivity index (χ0) is 13.8. The number of amides is 1. The van der Waals surface area contributed by atoms with Crippen molar-refractivity contribution in [3.63, 3.8) is 0 Å². The number of nitrogens with one attached hydrogen (secondary N) is 1. The minimum absolute atomic E-state index is 0.132. The number of esters is 1. The van der Waals surface area contributed by atoms with Gasteiger partial charge in [0.15, 0.2) is 0 Å². The number of hydrogen-bond acceptors (Lipinski definition) is 4. The van der Waals surface area contributed by atoms with E-state index in [0.29, 0.717) is 19.1 Å². The molecule has 0 spiro atoms. The minimum Gasteiger partial charge on any atom is -0.464 e. The standard InChI is InChI=1S/C13H25NO4/c1-4-5-8-18-13(16)14-10-12(15)17-9-6-7-11(2)3/h11H,4-10H2,1-3H3,(H,14,16). The van der Waals surface area contributed by atoms with Crippen molar-refractivity contribution in [1.29, 1.82) is 0 Å². The van der Waals surface area contributed by atoms with E-state index in [1.165, 1.54) is 0 Å². The van der Waals surface area contributed by atoms with E-state index in [2.05, 4.69) is 19.2 Å². The molecule has 0 rings (SSSR count). The van der Waals surface area contributed by atoms with E-state index in [9.17, 15) is 9.59 Å². The zero-order valence-corrected chi connectivity index (χ0v) is 11.7. The molecule has 0 heterocycles. The maximum Gasteiger partial charge on any atom is 0.407 e. The van der Waals surface area contributed by atoms with Crippen LogP contribution in [0, 0.1) is 5.92 Å². The third-order valence-corrected chi connectivity index (χ3v) is 2.30. The van der Waals surface area contributed by atoms with E-state index in [0.717, 1.165) is 25.7 Å². The summed E-state index contributed by atoms with van der Waals surface area (Å²) in [4.78, 5) is 22.3. The second kappa shape index (κ2) is 10.9. The van der Waals surface area contributed by atoms with Crippen LogP contribution >= 0.6 is 0 Å². The molecule has 0 aliphatic rings. The van der Waals surface area contributed by atoms with E-state index in [4.69, 9.17) is 9.47 Å². The quantitative estimate of drug-likeness (QED) is 0.510. The van der Waals surface area contributed by atoms with Gasteiger partial charge in [0.2, 0.25) is 0 Å². The van der Waals surface area contributed by atoms with Gasteiger partial charge in [-0.15, -0.1) is 0 Å². The van der Waals surface area contributed by atoms with Gasteiger partial charge in [0.25, 0.3) is 0 Å². The molecule has 0 radical (unpaired) electrons. The minimum atomic E-state index is -0.567. The van der Waals surface area contributed by atoms with Crippen molar-refractivity contribution in [2.45, 2.75) is 46.5 Å². The van der Waals surface area contributed by atoms with Crippen molar-refractivity contribution in [2.75, 3.05) is 19.8 Å². The van der Waals surface area contributed by atoms with Crippen molar-refractivity contribution in [3.05, 3.63) is 0 Å². The lowest BCUT2D eigenvalue weighted by Gasteiger charge is -2.08. The summed E-state index contributed by atoms with van der Waals surface area (Å²) < 4.78 is 9.79. The van der Waals surface area contributed by atoms with Gasteiger partial charge in [0.05, 0.1) is 13.2 Å². The normalized spacial score (nSPS) is 10.2. The zero-order valence-electron chi connectivity index (χ0n) is 11.7. The molecule has 0 aromatic carbocycles. The van der Waals surface area contributed by atoms with E-state index in [-0.39, 0.29) is 6.54 Å². The summed E-state index contributed by atoms with van der Waals surface area (Å²) in [6, 6.07) is 0. The molecule has 18 heavy (non-hydrogen) atoms. The molecule has 1 amide bonds. The monoisotopic (exact) mass is 259 g/mol. The molecule has 106 valence electrons. The Balaban J connectivity index is 3.43. The van der Waals surface area contributed by atoms with Crippen LogP contribution in [0.25, 0.3) is 0 Å². The number of hydrogen-bond donors (Lipinski definition) is 1. The molecule has 1 N–H and O–H groups in total. The maximum absolute atomic E-state index is 11.2. The van der Waals surface area contributed by atoms with Gasteiger partial charge in [-0.3, -0.25) is 4.79 Å². The van der Waals surface area contributed by atoms with E-state index in [1.807, 2.05) is 6.92 Å². The summed E-state index contributed by atoms with van der Waals surface area (Å²) in [6.07, 6.45) is 3.10. The summed E-state index contributed by atoms with van der Waals surface area (Å²) in [7, 11) is 0. The molecule has 5 nitrogen and oxygen atoms in total. The number of rotatable bonds is 9. The molecule has 5 heteroatoms. The predicted molar refractivity (Wildman–Crippen MR) is 69.3 cm³/mol. The Kier molecular flexibility index (Phi) is 10.1. The summed E-state index contributed by atoms with van der Waals surface area (Å²) in [5.41, 5.74) is 0. The number of unbranched alkanes of at least 4 members (excludes halogenated alkanes) is 1. The average Bonchev–Trinajstić information content (AvgIpc) is 2.32. The lowest BCUT2D eigenvalue weighted by molar-refractivity contribution is -0.142. The van der Waals surface area contributed by atoms with Crippen molar-refractivity contribution in [2.24, 2.45) is 5.92 Å². The van der Waals surface area contributed by atoms with E-state index >= 15 is 0 Å². The topological polar surface area (TPSA) is 64.6 Å². The SMILES string of the molecule is CCCCOC(=O)NCC(=O)OCCCC(C)C. The predicted octanol–water partition coefficient (Wildman–Crippen LogP) is 2.49. The fourth-order valence-corrected chi connectivity index (χ4v) is 1.23. The summed E-state index contributed by atoms with van der Waals surface area (Å²) in [5.74, 6) is 0.182. The van der Waals surface area contributed by atoms with Crippen LogP contribution in [0.1, 0.15) is 46.5 Å².